The fourth-order valence-electron chi connectivity index (χ4n) is 1.07. The van der Waals surface area contributed by atoms with Crippen LogP contribution in [0.5, 0.6) is 0 Å². The van der Waals surface area contributed by atoms with Gasteiger partial charge >= 0.3 is 0 Å². The molecule has 1 fully saturated rings. The Morgan fingerprint density at radius 1 is 1.80 bits per heavy atom. The standard InChI is InChI=1S/C8H10NO/c1-3-4-7-5-6-9(2)8(7)10/h1H,4-6H2,2H3. The van der Waals surface area contributed by atoms with Gasteiger partial charge in [-0.3, -0.25) is 4.79 Å². The topological polar surface area (TPSA) is 20.3 Å². The monoisotopic (exact) mass is 136 g/mol. The number of hydrogen-bond donors (Lipinski definition) is 0. The van der Waals surface area contributed by atoms with Crippen molar-refractivity contribution in [2.45, 2.75) is 12.8 Å². The van der Waals surface area contributed by atoms with Crippen LogP contribution in [0.3, 0.4) is 0 Å². The Hall–Kier alpha value is -0.970. The number of nitrogens with zero attached hydrogens (tertiary/aromatic N) is 1. The van der Waals surface area contributed by atoms with Gasteiger partial charge in [-0.2, -0.15) is 0 Å². The average Bonchev–Trinajstić information content (AvgIpc) is 2.20. The van der Waals surface area contributed by atoms with E-state index < -0.39 is 0 Å². The third-order valence-corrected chi connectivity index (χ3v) is 1.71. The number of carbonyl (C=O) groups excluding carboxylic acids is 1. The Morgan fingerprint density at radius 2 is 2.50 bits per heavy atom. The summed E-state index contributed by atoms with van der Waals surface area (Å²) in [6.07, 6.45) is 6.44. The Morgan fingerprint density at radius 3 is 2.90 bits per heavy atom. The second-order valence-electron chi connectivity index (χ2n) is 2.46. The molecule has 1 rings (SSSR count). The van der Waals surface area contributed by atoms with Gasteiger partial charge in [-0.15, -0.1) is 12.3 Å². The quantitative estimate of drug-likeness (QED) is 0.479. The highest BCUT2D eigenvalue weighted by atomic mass is 16.2. The lowest BCUT2D eigenvalue weighted by Gasteiger charge is -2.06. The number of terminal acetylenes is 1. The molecule has 0 aromatic carbocycles. The van der Waals surface area contributed by atoms with E-state index in [0.717, 1.165) is 18.9 Å². The maximum atomic E-state index is 11.1. The predicted octanol–water partition coefficient (Wildman–Crippen LogP) is 0.446. The summed E-state index contributed by atoms with van der Waals surface area (Å²) in [4.78, 5) is 12.8. The molecular weight excluding hydrogens is 126 g/mol. The molecule has 1 radical (unpaired) electrons. The molecule has 1 heterocycles. The highest BCUT2D eigenvalue weighted by molar-refractivity contribution is 5.92. The van der Waals surface area contributed by atoms with Crippen molar-refractivity contribution in [1.29, 1.82) is 0 Å². The Labute approximate surface area is 61.2 Å². The molecular formula is C8H10NO. The van der Waals surface area contributed by atoms with Gasteiger partial charge in [0.15, 0.2) is 0 Å². The van der Waals surface area contributed by atoms with Crippen LogP contribution in [0, 0.1) is 18.3 Å². The zero-order valence-corrected chi connectivity index (χ0v) is 6.05. The van der Waals surface area contributed by atoms with Gasteiger partial charge < -0.3 is 4.90 Å². The molecule has 1 aliphatic heterocycles. The van der Waals surface area contributed by atoms with E-state index in [-0.39, 0.29) is 5.91 Å². The maximum Gasteiger partial charge on any atom is 0.230 e. The second-order valence-corrected chi connectivity index (χ2v) is 2.46. The van der Waals surface area contributed by atoms with Gasteiger partial charge in [0.2, 0.25) is 5.91 Å². The number of likely N-dealkylation sites (tertiary alicyclic amines) is 1. The molecule has 1 saturated heterocycles. The lowest BCUT2D eigenvalue weighted by Crippen LogP contribution is -2.21. The third-order valence-electron chi connectivity index (χ3n) is 1.71. The van der Waals surface area contributed by atoms with Crippen molar-refractivity contribution >= 4 is 5.91 Å². The SMILES string of the molecule is C#CC[C]1CCN(C)C1=O. The number of amides is 1. The molecule has 0 aromatic rings. The lowest BCUT2D eigenvalue weighted by molar-refractivity contribution is -0.125. The van der Waals surface area contributed by atoms with Crippen LogP contribution in [-0.2, 0) is 4.79 Å². The van der Waals surface area contributed by atoms with E-state index in [1.54, 1.807) is 11.9 Å². The van der Waals surface area contributed by atoms with Gasteiger partial charge in [0.25, 0.3) is 0 Å². The van der Waals surface area contributed by atoms with Gasteiger partial charge in [0.05, 0.1) is 5.92 Å². The maximum absolute atomic E-state index is 11.1. The van der Waals surface area contributed by atoms with E-state index >= 15 is 0 Å². The van der Waals surface area contributed by atoms with Crippen molar-refractivity contribution in [3.05, 3.63) is 5.92 Å². The summed E-state index contributed by atoms with van der Waals surface area (Å²) in [5, 5.41) is 0. The van der Waals surface area contributed by atoms with E-state index in [2.05, 4.69) is 5.92 Å². The van der Waals surface area contributed by atoms with Crippen LogP contribution >= 0.6 is 0 Å². The Balaban J connectivity index is 2.51. The molecule has 1 amide bonds. The summed E-state index contributed by atoms with van der Waals surface area (Å²) >= 11 is 0. The first kappa shape index (κ1) is 7.14. The van der Waals surface area contributed by atoms with Crippen LogP contribution < -0.4 is 0 Å². The highest BCUT2D eigenvalue weighted by Gasteiger charge is 2.28. The number of rotatable bonds is 1. The van der Waals surface area contributed by atoms with Crippen LogP contribution in [0.1, 0.15) is 12.8 Å². The third kappa shape index (κ3) is 1.13. The van der Waals surface area contributed by atoms with E-state index in [9.17, 15) is 4.79 Å². The minimum absolute atomic E-state index is 0.123. The molecule has 0 atom stereocenters. The van der Waals surface area contributed by atoms with Gasteiger partial charge in [-0.25, -0.2) is 0 Å². The highest BCUT2D eigenvalue weighted by Crippen LogP contribution is 2.20. The molecule has 1 aliphatic rings. The lowest BCUT2D eigenvalue weighted by atomic mass is 10.1. The van der Waals surface area contributed by atoms with Gasteiger partial charge in [-0.1, -0.05) is 0 Å². The van der Waals surface area contributed by atoms with E-state index in [4.69, 9.17) is 6.42 Å². The fourth-order valence-corrected chi connectivity index (χ4v) is 1.07. The predicted molar refractivity (Wildman–Crippen MR) is 38.9 cm³/mol. The molecule has 10 heavy (non-hydrogen) atoms. The minimum atomic E-state index is 0.123. The smallest absolute Gasteiger partial charge is 0.230 e. The van der Waals surface area contributed by atoms with Crippen molar-refractivity contribution in [2.24, 2.45) is 0 Å². The first-order chi connectivity index (χ1) is 4.75. The number of hydrogen-bond acceptors (Lipinski definition) is 1. The van der Waals surface area contributed by atoms with E-state index in [1.807, 2.05) is 0 Å². The van der Waals surface area contributed by atoms with Crippen LogP contribution in [0.4, 0.5) is 0 Å². The molecule has 0 bridgehead atoms. The minimum Gasteiger partial charge on any atom is -0.345 e. The molecule has 53 valence electrons. The summed E-state index contributed by atoms with van der Waals surface area (Å²) in [5.74, 6) is 3.48. The first-order valence-electron chi connectivity index (χ1n) is 3.29. The van der Waals surface area contributed by atoms with Gasteiger partial charge in [0, 0.05) is 20.0 Å². The van der Waals surface area contributed by atoms with Crippen molar-refractivity contribution in [3.63, 3.8) is 0 Å². The summed E-state index contributed by atoms with van der Waals surface area (Å²) in [6, 6.07) is 0. The molecule has 0 saturated carbocycles. The molecule has 0 aromatic heterocycles. The van der Waals surface area contributed by atoms with E-state index in [0.29, 0.717) is 6.42 Å². The number of carbonyl (C=O) groups is 1. The van der Waals surface area contributed by atoms with Crippen LogP contribution in [0.25, 0.3) is 0 Å². The van der Waals surface area contributed by atoms with Crippen molar-refractivity contribution in [1.82, 2.24) is 4.90 Å². The van der Waals surface area contributed by atoms with E-state index in [1.165, 1.54) is 0 Å². The van der Waals surface area contributed by atoms with Gasteiger partial charge in [0.1, 0.15) is 0 Å². The zero-order valence-electron chi connectivity index (χ0n) is 6.05. The molecule has 0 spiro atoms. The molecule has 2 nitrogen and oxygen atoms in total. The fraction of sp³-hybridized carbons (Fsp3) is 0.500. The molecule has 0 N–H and O–H groups in total. The van der Waals surface area contributed by atoms with Crippen molar-refractivity contribution in [3.8, 4) is 12.3 Å². The molecule has 2 heteroatoms. The van der Waals surface area contributed by atoms with Crippen LogP contribution in [-0.4, -0.2) is 24.4 Å². The second kappa shape index (κ2) is 2.74. The van der Waals surface area contributed by atoms with Gasteiger partial charge in [-0.05, 0) is 6.42 Å². The largest absolute Gasteiger partial charge is 0.345 e. The Bertz CT molecular complexity index is 180. The van der Waals surface area contributed by atoms with Crippen LogP contribution in [0.15, 0.2) is 0 Å². The van der Waals surface area contributed by atoms with Crippen LogP contribution in [0.2, 0.25) is 0 Å². The summed E-state index contributed by atoms with van der Waals surface area (Å²) in [5.41, 5.74) is 0. The summed E-state index contributed by atoms with van der Waals surface area (Å²) in [7, 11) is 1.80. The molecule has 0 unspecified atom stereocenters. The summed E-state index contributed by atoms with van der Waals surface area (Å²) < 4.78 is 0. The summed E-state index contributed by atoms with van der Waals surface area (Å²) in [6.45, 7) is 0.829. The van der Waals surface area contributed by atoms with Crippen molar-refractivity contribution < 1.29 is 4.79 Å². The average molecular weight is 136 g/mol. The van der Waals surface area contributed by atoms with Crippen molar-refractivity contribution in [2.75, 3.05) is 13.6 Å². The normalized spacial score (nSPS) is 19.6. The molecule has 0 aliphatic carbocycles. The Kier molecular flexibility index (Phi) is 1.96. The first-order valence-corrected chi connectivity index (χ1v) is 3.29. The zero-order chi connectivity index (χ0) is 7.56.